The van der Waals surface area contributed by atoms with Gasteiger partial charge in [0.15, 0.2) is 11.5 Å². The lowest BCUT2D eigenvalue weighted by Gasteiger charge is -2.16. The predicted molar refractivity (Wildman–Crippen MR) is 124 cm³/mol. The Morgan fingerprint density at radius 1 is 1.19 bits per heavy atom. The molecule has 164 valence electrons. The lowest BCUT2D eigenvalue weighted by Crippen LogP contribution is -2.04. The van der Waals surface area contributed by atoms with Crippen LogP contribution in [0.3, 0.4) is 0 Å². The summed E-state index contributed by atoms with van der Waals surface area (Å²) in [6.45, 7) is 6.61. The highest BCUT2D eigenvalue weighted by atomic mass is 16.6. The van der Waals surface area contributed by atoms with Crippen LogP contribution in [-0.2, 0) is 13.0 Å². The lowest BCUT2D eigenvalue weighted by atomic mass is 10.1. The number of nitro groups is 1. The molecule has 1 heterocycles. The third-order valence-electron chi connectivity index (χ3n) is 4.41. The maximum atomic E-state index is 11.1. The molecule has 8 nitrogen and oxygen atoms in total. The van der Waals surface area contributed by atoms with Gasteiger partial charge in [-0.3, -0.25) is 15.5 Å². The van der Waals surface area contributed by atoms with Crippen LogP contribution >= 0.6 is 0 Å². The van der Waals surface area contributed by atoms with Crippen molar-refractivity contribution in [2.75, 3.05) is 12.0 Å². The number of nitrogens with one attached hydrogen (secondary N) is 1. The van der Waals surface area contributed by atoms with Crippen LogP contribution in [0.1, 0.15) is 23.6 Å². The number of pyridine rings is 1. The molecule has 0 aliphatic rings. The quantitative estimate of drug-likeness (QED) is 0.195. The third kappa shape index (κ3) is 5.91. The number of rotatable bonds is 11. The maximum absolute atomic E-state index is 11.1. The Balaban J connectivity index is 1.86. The largest absolute Gasteiger partial charge is 0.490 e. The third-order valence-corrected chi connectivity index (χ3v) is 4.41. The number of hydrogen-bond acceptors (Lipinski definition) is 7. The zero-order chi connectivity index (χ0) is 22.8. The number of benzene rings is 2. The molecule has 0 saturated heterocycles. The van der Waals surface area contributed by atoms with Crippen LogP contribution in [0.25, 0.3) is 0 Å². The molecule has 1 aromatic heterocycles. The van der Waals surface area contributed by atoms with Crippen LogP contribution in [0.15, 0.2) is 78.6 Å². The Morgan fingerprint density at radius 2 is 2.00 bits per heavy atom. The monoisotopic (exact) mass is 432 g/mol. The summed E-state index contributed by atoms with van der Waals surface area (Å²) in [5.41, 5.74) is 5.16. The molecule has 3 aromatic rings. The van der Waals surface area contributed by atoms with E-state index in [1.807, 2.05) is 49.4 Å². The van der Waals surface area contributed by atoms with E-state index in [1.54, 1.807) is 12.3 Å². The first-order valence-corrected chi connectivity index (χ1v) is 10.1. The molecule has 1 N–H and O–H groups in total. The molecule has 3 rings (SSSR count). The number of allylic oxidation sites excluding steroid dienone is 1. The van der Waals surface area contributed by atoms with Gasteiger partial charge in [-0.2, -0.15) is 5.10 Å². The molecule has 0 aliphatic carbocycles. The van der Waals surface area contributed by atoms with Crippen LogP contribution in [0, 0.1) is 10.1 Å². The molecule has 0 atom stereocenters. The van der Waals surface area contributed by atoms with Gasteiger partial charge in [-0.25, -0.2) is 4.98 Å². The minimum Gasteiger partial charge on any atom is -0.490 e. The summed E-state index contributed by atoms with van der Waals surface area (Å²) in [6, 6.07) is 16.5. The number of anilines is 1. The summed E-state index contributed by atoms with van der Waals surface area (Å²) in [6.07, 6.45) is 5.37. The molecular weight excluding hydrogens is 408 g/mol. The van der Waals surface area contributed by atoms with Crippen molar-refractivity contribution in [1.29, 1.82) is 0 Å². The van der Waals surface area contributed by atoms with Gasteiger partial charge in [-0.1, -0.05) is 36.4 Å². The molecule has 0 fully saturated rings. The summed E-state index contributed by atoms with van der Waals surface area (Å²) in [7, 11) is 0. The minimum absolute atomic E-state index is 0.0629. The van der Waals surface area contributed by atoms with Crippen molar-refractivity contribution in [3.8, 4) is 11.5 Å². The first kappa shape index (κ1) is 22.5. The first-order chi connectivity index (χ1) is 15.6. The molecule has 8 heteroatoms. The first-order valence-electron chi connectivity index (χ1n) is 10.1. The van der Waals surface area contributed by atoms with E-state index in [0.29, 0.717) is 31.1 Å². The van der Waals surface area contributed by atoms with Gasteiger partial charge in [-0.15, -0.1) is 6.58 Å². The van der Waals surface area contributed by atoms with Crippen molar-refractivity contribution in [1.82, 2.24) is 4.98 Å². The van der Waals surface area contributed by atoms with E-state index >= 15 is 0 Å². The highest BCUT2D eigenvalue weighted by molar-refractivity contribution is 5.82. The van der Waals surface area contributed by atoms with E-state index in [1.165, 1.54) is 18.3 Å². The van der Waals surface area contributed by atoms with Gasteiger partial charge in [0.05, 0.1) is 17.7 Å². The summed E-state index contributed by atoms with van der Waals surface area (Å²) < 4.78 is 11.9. The van der Waals surface area contributed by atoms with E-state index in [9.17, 15) is 10.1 Å². The molecule has 0 radical (unpaired) electrons. The summed E-state index contributed by atoms with van der Waals surface area (Å²) in [5.74, 6) is 1.31. The predicted octanol–water partition coefficient (Wildman–Crippen LogP) is 5.14. The van der Waals surface area contributed by atoms with E-state index in [4.69, 9.17) is 9.47 Å². The zero-order valence-electron chi connectivity index (χ0n) is 17.7. The van der Waals surface area contributed by atoms with E-state index < -0.39 is 4.92 Å². The van der Waals surface area contributed by atoms with Gasteiger partial charge in [0.25, 0.3) is 0 Å². The second-order valence-corrected chi connectivity index (χ2v) is 6.71. The Kier molecular flexibility index (Phi) is 7.91. The minimum atomic E-state index is -0.515. The highest BCUT2D eigenvalue weighted by Crippen LogP contribution is 2.34. The van der Waals surface area contributed by atoms with Crippen molar-refractivity contribution in [2.24, 2.45) is 5.10 Å². The second-order valence-electron chi connectivity index (χ2n) is 6.71. The normalized spacial score (nSPS) is 10.7. The van der Waals surface area contributed by atoms with Gasteiger partial charge in [0.2, 0.25) is 5.82 Å². The number of ether oxygens (including phenoxy) is 2. The zero-order valence-corrected chi connectivity index (χ0v) is 17.7. The Labute approximate surface area is 186 Å². The maximum Gasteiger partial charge on any atom is 0.313 e. The van der Waals surface area contributed by atoms with Crippen LogP contribution in [-0.4, -0.2) is 22.7 Å². The van der Waals surface area contributed by atoms with Crippen molar-refractivity contribution in [2.45, 2.75) is 20.0 Å². The average molecular weight is 432 g/mol. The topological polar surface area (TPSA) is 98.9 Å². The molecule has 0 spiro atoms. The Morgan fingerprint density at radius 3 is 2.72 bits per heavy atom. The van der Waals surface area contributed by atoms with E-state index in [2.05, 4.69) is 22.1 Å². The van der Waals surface area contributed by atoms with Crippen molar-refractivity contribution >= 4 is 17.7 Å². The fraction of sp³-hybridized carbons (Fsp3) is 0.167. The van der Waals surface area contributed by atoms with Gasteiger partial charge in [0, 0.05) is 17.8 Å². The fourth-order valence-electron chi connectivity index (χ4n) is 3.02. The standard InChI is InChI=1S/C24H24N4O4/c1-3-9-20-14-19(16-26-27-24-21(28(29)30)12-8-13-25-24)15-22(31-4-2)23(20)32-17-18-10-6-5-7-11-18/h3,5-8,10-16H,1,4,9,17H2,2H3,(H,25,27)/b26-16-. The van der Waals surface area contributed by atoms with E-state index in [0.717, 1.165) is 16.7 Å². The molecular formula is C24H24N4O4. The van der Waals surface area contributed by atoms with Gasteiger partial charge >= 0.3 is 5.69 Å². The molecule has 0 amide bonds. The molecule has 0 unspecified atom stereocenters. The number of nitrogens with zero attached hydrogens (tertiary/aromatic N) is 3. The lowest BCUT2D eigenvalue weighted by molar-refractivity contribution is -0.384. The average Bonchev–Trinajstić information content (AvgIpc) is 2.80. The Hall–Kier alpha value is -4.20. The molecule has 0 saturated carbocycles. The summed E-state index contributed by atoms with van der Waals surface area (Å²) in [4.78, 5) is 14.6. The van der Waals surface area contributed by atoms with Gasteiger partial charge in [-0.05, 0) is 42.7 Å². The van der Waals surface area contributed by atoms with Gasteiger partial charge in [0.1, 0.15) is 6.61 Å². The van der Waals surface area contributed by atoms with Crippen LogP contribution in [0.5, 0.6) is 11.5 Å². The van der Waals surface area contributed by atoms with Crippen molar-refractivity contribution < 1.29 is 14.4 Å². The molecule has 32 heavy (non-hydrogen) atoms. The van der Waals surface area contributed by atoms with E-state index in [-0.39, 0.29) is 11.5 Å². The van der Waals surface area contributed by atoms with Crippen molar-refractivity contribution in [3.05, 3.63) is 100 Å². The van der Waals surface area contributed by atoms with Crippen molar-refractivity contribution in [3.63, 3.8) is 0 Å². The SMILES string of the molecule is C=CCc1cc(/C=N\Nc2ncccc2[N+](=O)[O-])cc(OCC)c1OCc1ccccc1. The molecule has 0 aliphatic heterocycles. The van der Waals surface area contributed by atoms with Crippen LogP contribution in [0.2, 0.25) is 0 Å². The number of aromatic nitrogens is 1. The summed E-state index contributed by atoms with van der Waals surface area (Å²) in [5, 5.41) is 15.2. The number of hydrazone groups is 1. The Bertz CT molecular complexity index is 1100. The fourth-order valence-corrected chi connectivity index (χ4v) is 3.02. The van der Waals surface area contributed by atoms with Gasteiger partial charge < -0.3 is 9.47 Å². The molecule has 2 aromatic carbocycles. The molecule has 0 bridgehead atoms. The van der Waals surface area contributed by atoms with Crippen LogP contribution in [0.4, 0.5) is 11.5 Å². The summed E-state index contributed by atoms with van der Waals surface area (Å²) >= 11 is 0. The second kappa shape index (κ2) is 11.3. The smallest absolute Gasteiger partial charge is 0.313 e. The van der Waals surface area contributed by atoms with Crippen LogP contribution < -0.4 is 14.9 Å². The number of hydrogen-bond donors (Lipinski definition) is 1. The highest BCUT2D eigenvalue weighted by Gasteiger charge is 2.15.